The van der Waals surface area contributed by atoms with Gasteiger partial charge in [-0.15, -0.1) is 0 Å². The molecule has 0 radical (unpaired) electrons. The van der Waals surface area contributed by atoms with Gasteiger partial charge in [0, 0.05) is 35.6 Å². The fourth-order valence-corrected chi connectivity index (χ4v) is 4.07. The fourth-order valence-electron chi connectivity index (χ4n) is 4.07. The van der Waals surface area contributed by atoms with Gasteiger partial charge < -0.3 is 19.7 Å². The summed E-state index contributed by atoms with van der Waals surface area (Å²) in [6.07, 6.45) is 2.51. The molecule has 0 bridgehead atoms. The first-order valence-corrected chi connectivity index (χ1v) is 9.90. The molecule has 0 spiro atoms. The number of likely N-dealkylation sites (N-methyl/N-ethyl adjacent to an activating group) is 1. The van der Waals surface area contributed by atoms with Gasteiger partial charge in [-0.2, -0.15) is 0 Å². The summed E-state index contributed by atoms with van der Waals surface area (Å²) < 4.78 is 5.84. The summed E-state index contributed by atoms with van der Waals surface area (Å²) in [6.45, 7) is 1.30. The summed E-state index contributed by atoms with van der Waals surface area (Å²) >= 11 is 0. The van der Waals surface area contributed by atoms with E-state index in [0.717, 1.165) is 46.9 Å². The number of para-hydroxylation sites is 1. The molecule has 2 heterocycles. The van der Waals surface area contributed by atoms with Crippen molar-refractivity contribution in [2.24, 2.45) is 0 Å². The second-order valence-corrected chi connectivity index (χ2v) is 7.62. The lowest BCUT2D eigenvalue weighted by molar-refractivity contribution is -0.138. The second kappa shape index (κ2) is 8.13. The Balaban J connectivity index is 1.44. The highest BCUT2D eigenvalue weighted by atomic mass is 16.4. The molecule has 0 aliphatic carbocycles. The van der Waals surface area contributed by atoms with Crippen LogP contribution in [0.15, 0.2) is 46.9 Å². The smallest absolute Gasteiger partial charge is 0.321 e. The van der Waals surface area contributed by atoms with Gasteiger partial charge in [-0.25, -0.2) is 4.79 Å². The number of carboxylic acids is 1. The number of amides is 2. The Morgan fingerprint density at radius 1 is 1.14 bits per heavy atom. The molecule has 7 heteroatoms. The van der Waals surface area contributed by atoms with Gasteiger partial charge in [-0.3, -0.25) is 9.69 Å². The van der Waals surface area contributed by atoms with Crippen LogP contribution in [0.1, 0.15) is 19.3 Å². The average molecular weight is 395 g/mol. The van der Waals surface area contributed by atoms with Crippen molar-refractivity contribution in [2.45, 2.75) is 25.3 Å². The van der Waals surface area contributed by atoms with Crippen LogP contribution in [0.3, 0.4) is 0 Å². The molecule has 1 aromatic heterocycles. The normalized spacial score (nSPS) is 17.6. The molecular weight excluding hydrogens is 370 g/mol. The van der Waals surface area contributed by atoms with Crippen molar-refractivity contribution < 1.29 is 19.1 Å². The molecule has 1 fully saturated rings. The van der Waals surface area contributed by atoms with E-state index < -0.39 is 5.97 Å². The maximum absolute atomic E-state index is 12.8. The summed E-state index contributed by atoms with van der Waals surface area (Å²) in [7, 11) is 1.83. The molecule has 1 unspecified atom stereocenters. The van der Waals surface area contributed by atoms with Crippen LogP contribution in [0.5, 0.6) is 0 Å². The van der Waals surface area contributed by atoms with Gasteiger partial charge in [0.25, 0.3) is 0 Å². The number of nitrogens with zero attached hydrogens (tertiary/aromatic N) is 2. The Morgan fingerprint density at radius 3 is 2.76 bits per heavy atom. The standard InChI is InChI=1S/C22H25N3O4/c1-24(14-21(26)27)16-5-4-11-25(12-10-16)22(28)23-15-8-9-20-18(13-15)17-6-2-3-7-19(17)29-20/h2-3,6-9,13,16H,4-5,10-12,14H2,1H3,(H,23,28)(H,26,27). The van der Waals surface area contributed by atoms with E-state index in [2.05, 4.69) is 5.32 Å². The molecule has 0 saturated carbocycles. The van der Waals surface area contributed by atoms with Gasteiger partial charge in [-0.05, 0) is 50.6 Å². The van der Waals surface area contributed by atoms with E-state index in [9.17, 15) is 9.59 Å². The van der Waals surface area contributed by atoms with E-state index in [-0.39, 0.29) is 18.6 Å². The van der Waals surface area contributed by atoms with Crippen molar-refractivity contribution in [1.82, 2.24) is 9.80 Å². The number of likely N-dealkylation sites (tertiary alicyclic amines) is 1. The highest BCUT2D eigenvalue weighted by Gasteiger charge is 2.24. The zero-order valence-corrected chi connectivity index (χ0v) is 16.4. The van der Waals surface area contributed by atoms with Crippen molar-refractivity contribution >= 4 is 39.6 Å². The van der Waals surface area contributed by atoms with Crippen LogP contribution in [-0.2, 0) is 4.79 Å². The quantitative estimate of drug-likeness (QED) is 0.698. The second-order valence-electron chi connectivity index (χ2n) is 7.62. The molecule has 29 heavy (non-hydrogen) atoms. The molecule has 1 saturated heterocycles. The summed E-state index contributed by atoms with van der Waals surface area (Å²) in [5.74, 6) is -0.825. The number of anilines is 1. The number of hydrogen-bond acceptors (Lipinski definition) is 4. The SMILES string of the molecule is CN(CC(=O)O)C1CCCN(C(=O)Nc2ccc3oc4ccccc4c3c2)CC1. The van der Waals surface area contributed by atoms with Crippen LogP contribution in [0.4, 0.5) is 10.5 Å². The Kier molecular flexibility index (Phi) is 5.40. The third kappa shape index (κ3) is 4.19. The van der Waals surface area contributed by atoms with Gasteiger partial charge in [0.05, 0.1) is 6.54 Å². The van der Waals surface area contributed by atoms with E-state index in [0.29, 0.717) is 13.1 Å². The number of furan rings is 1. The van der Waals surface area contributed by atoms with Crippen LogP contribution < -0.4 is 5.32 Å². The predicted octanol–water partition coefficient (Wildman–Crippen LogP) is 3.99. The molecule has 1 atom stereocenters. The largest absolute Gasteiger partial charge is 0.480 e. The molecule has 4 rings (SSSR count). The van der Waals surface area contributed by atoms with Crippen LogP contribution in [0.2, 0.25) is 0 Å². The Labute approximate surface area is 168 Å². The predicted molar refractivity (Wildman–Crippen MR) is 112 cm³/mol. The third-order valence-electron chi connectivity index (χ3n) is 5.62. The number of benzene rings is 2. The Morgan fingerprint density at radius 2 is 1.93 bits per heavy atom. The van der Waals surface area contributed by atoms with Gasteiger partial charge in [0.1, 0.15) is 11.2 Å². The number of carbonyl (C=O) groups excluding carboxylic acids is 1. The lowest BCUT2D eigenvalue weighted by atomic mass is 10.1. The van der Waals surface area contributed by atoms with Crippen molar-refractivity contribution in [3.8, 4) is 0 Å². The Hall–Kier alpha value is -3.06. The maximum Gasteiger partial charge on any atom is 0.321 e. The van der Waals surface area contributed by atoms with Crippen LogP contribution >= 0.6 is 0 Å². The van der Waals surface area contributed by atoms with E-state index in [1.54, 1.807) is 0 Å². The molecule has 1 aliphatic rings. The van der Waals surface area contributed by atoms with Crippen LogP contribution in [0, 0.1) is 0 Å². The Bertz CT molecular complexity index is 1040. The molecule has 1 aliphatic heterocycles. The molecule has 2 aromatic carbocycles. The monoisotopic (exact) mass is 395 g/mol. The first kappa shape index (κ1) is 19.3. The van der Waals surface area contributed by atoms with Crippen LogP contribution in [-0.4, -0.2) is 59.6 Å². The lowest BCUT2D eigenvalue weighted by Gasteiger charge is -2.25. The van der Waals surface area contributed by atoms with Gasteiger partial charge in [-0.1, -0.05) is 18.2 Å². The highest BCUT2D eigenvalue weighted by Crippen LogP contribution is 2.30. The van der Waals surface area contributed by atoms with Crippen molar-refractivity contribution in [3.05, 3.63) is 42.5 Å². The fraction of sp³-hybridized carbons (Fsp3) is 0.364. The first-order chi connectivity index (χ1) is 14.0. The topological polar surface area (TPSA) is 86.0 Å². The van der Waals surface area contributed by atoms with E-state index in [1.165, 1.54) is 0 Å². The van der Waals surface area contributed by atoms with Crippen molar-refractivity contribution in [1.29, 1.82) is 0 Å². The summed E-state index contributed by atoms with van der Waals surface area (Å²) in [5.41, 5.74) is 2.36. The molecule has 7 nitrogen and oxygen atoms in total. The number of aliphatic carboxylic acids is 1. The number of rotatable bonds is 4. The summed E-state index contributed by atoms with van der Waals surface area (Å²) in [4.78, 5) is 27.4. The number of fused-ring (bicyclic) bond motifs is 3. The molecule has 152 valence electrons. The first-order valence-electron chi connectivity index (χ1n) is 9.90. The van der Waals surface area contributed by atoms with Crippen molar-refractivity contribution in [3.63, 3.8) is 0 Å². The highest BCUT2D eigenvalue weighted by molar-refractivity contribution is 6.06. The molecule has 3 aromatic rings. The summed E-state index contributed by atoms with van der Waals surface area (Å²) in [5, 5.41) is 14.0. The van der Waals surface area contributed by atoms with E-state index >= 15 is 0 Å². The summed E-state index contributed by atoms with van der Waals surface area (Å²) in [6, 6.07) is 13.6. The number of nitrogens with one attached hydrogen (secondary N) is 1. The zero-order valence-electron chi connectivity index (χ0n) is 16.4. The number of carboxylic acid groups (broad SMARTS) is 1. The van der Waals surface area contributed by atoms with Gasteiger partial charge in [0.15, 0.2) is 0 Å². The average Bonchev–Trinajstić information content (AvgIpc) is 2.88. The minimum absolute atomic E-state index is 0.0233. The molecule has 2 amide bonds. The zero-order chi connectivity index (χ0) is 20.4. The van der Waals surface area contributed by atoms with E-state index in [1.807, 2.05) is 59.3 Å². The number of hydrogen-bond donors (Lipinski definition) is 2. The third-order valence-corrected chi connectivity index (χ3v) is 5.62. The molecule has 2 N–H and O–H groups in total. The van der Waals surface area contributed by atoms with Gasteiger partial charge >= 0.3 is 12.0 Å². The maximum atomic E-state index is 12.8. The van der Waals surface area contributed by atoms with Crippen LogP contribution in [0.25, 0.3) is 21.9 Å². The van der Waals surface area contributed by atoms with E-state index in [4.69, 9.17) is 9.52 Å². The number of carbonyl (C=O) groups is 2. The minimum atomic E-state index is -0.825. The molecular formula is C22H25N3O4. The van der Waals surface area contributed by atoms with Gasteiger partial charge in [0.2, 0.25) is 0 Å². The lowest BCUT2D eigenvalue weighted by Crippen LogP contribution is -2.38. The minimum Gasteiger partial charge on any atom is -0.480 e. The van der Waals surface area contributed by atoms with Crippen molar-refractivity contribution in [2.75, 3.05) is 32.0 Å². The number of urea groups is 1.